The number of hydrogen-bond acceptors (Lipinski definition) is 6. The second-order valence-electron chi connectivity index (χ2n) is 7.02. The molecule has 8 heteroatoms. The van der Waals surface area contributed by atoms with E-state index in [-0.39, 0.29) is 23.5 Å². The summed E-state index contributed by atoms with van der Waals surface area (Å²) in [6.07, 6.45) is 3.35. The first-order valence-electron chi connectivity index (χ1n) is 9.53. The van der Waals surface area contributed by atoms with E-state index < -0.39 is 0 Å². The number of aromatic nitrogens is 2. The van der Waals surface area contributed by atoms with Crippen LogP contribution in [0.25, 0.3) is 0 Å². The van der Waals surface area contributed by atoms with Gasteiger partial charge in [0.25, 0.3) is 11.8 Å². The van der Waals surface area contributed by atoms with Crippen LogP contribution in [0.5, 0.6) is 0 Å². The Kier molecular flexibility index (Phi) is 6.89. The predicted octanol–water partition coefficient (Wildman–Crippen LogP) is 4.41. The summed E-state index contributed by atoms with van der Waals surface area (Å²) in [5, 5.41) is 6.37. The molecule has 0 unspecified atom stereocenters. The van der Waals surface area contributed by atoms with Gasteiger partial charge in [-0.15, -0.1) is 11.8 Å². The van der Waals surface area contributed by atoms with E-state index >= 15 is 0 Å². The highest BCUT2D eigenvalue weighted by atomic mass is 32.2. The molecule has 2 heterocycles. The lowest BCUT2D eigenvalue weighted by atomic mass is 10.1. The number of nitrogens with zero attached hydrogens (tertiary/aromatic N) is 2. The van der Waals surface area contributed by atoms with E-state index in [4.69, 9.17) is 4.42 Å². The van der Waals surface area contributed by atoms with Crippen molar-refractivity contribution in [1.82, 2.24) is 15.3 Å². The fraction of sp³-hybridized carbons (Fsp3) is 0.273. The van der Waals surface area contributed by atoms with Crippen LogP contribution in [0.2, 0.25) is 0 Å². The SMILES string of the molecule is CSc1nc(C(C)C)nc(C)c1C(=O)NCc1ccc(NC(=O)c2ccco2)cc1. The van der Waals surface area contributed by atoms with E-state index in [1.807, 2.05) is 39.2 Å². The number of aryl methyl sites for hydroxylation is 1. The molecule has 1 aromatic carbocycles. The van der Waals surface area contributed by atoms with Crippen molar-refractivity contribution in [2.24, 2.45) is 0 Å². The maximum absolute atomic E-state index is 12.8. The molecule has 0 aliphatic carbocycles. The number of amides is 2. The van der Waals surface area contributed by atoms with Gasteiger partial charge in [0, 0.05) is 18.2 Å². The van der Waals surface area contributed by atoms with Gasteiger partial charge in [-0.1, -0.05) is 26.0 Å². The Balaban J connectivity index is 1.64. The monoisotopic (exact) mass is 424 g/mol. The Bertz CT molecular complexity index is 1030. The third-order valence-electron chi connectivity index (χ3n) is 4.42. The molecule has 156 valence electrons. The molecule has 7 nitrogen and oxygen atoms in total. The number of thioether (sulfide) groups is 1. The molecule has 0 saturated carbocycles. The Morgan fingerprint density at radius 2 is 1.83 bits per heavy atom. The minimum Gasteiger partial charge on any atom is -0.459 e. The van der Waals surface area contributed by atoms with Gasteiger partial charge in [0.15, 0.2) is 5.76 Å². The Morgan fingerprint density at radius 3 is 2.43 bits per heavy atom. The predicted molar refractivity (Wildman–Crippen MR) is 117 cm³/mol. The van der Waals surface area contributed by atoms with Crippen LogP contribution in [-0.2, 0) is 6.54 Å². The van der Waals surface area contributed by atoms with Crippen LogP contribution in [0.1, 0.15) is 57.8 Å². The number of rotatable bonds is 7. The summed E-state index contributed by atoms with van der Waals surface area (Å²) in [5.74, 6) is 0.657. The third-order valence-corrected chi connectivity index (χ3v) is 5.10. The number of furan rings is 1. The highest BCUT2D eigenvalue weighted by Gasteiger charge is 2.19. The first-order valence-corrected chi connectivity index (χ1v) is 10.8. The quantitative estimate of drug-likeness (QED) is 0.431. The number of benzene rings is 1. The maximum atomic E-state index is 12.8. The molecule has 0 saturated heterocycles. The first-order chi connectivity index (χ1) is 14.4. The van der Waals surface area contributed by atoms with Crippen LogP contribution in [0.4, 0.5) is 5.69 Å². The fourth-order valence-electron chi connectivity index (χ4n) is 2.81. The molecule has 3 aromatic rings. The molecule has 30 heavy (non-hydrogen) atoms. The normalized spacial score (nSPS) is 10.8. The van der Waals surface area contributed by atoms with E-state index in [1.54, 1.807) is 24.3 Å². The van der Waals surface area contributed by atoms with Crippen LogP contribution < -0.4 is 10.6 Å². The van der Waals surface area contributed by atoms with Crippen molar-refractivity contribution in [3.8, 4) is 0 Å². The van der Waals surface area contributed by atoms with Crippen LogP contribution in [0, 0.1) is 6.92 Å². The Hall–Kier alpha value is -3.13. The number of carbonyl (C=O) groups excluding carboxylic acids is 2. The standard InChI is InChI=1S/C22H24N4O3S/c1-13(2)19-24-14(3)18(22(26-19)30-4)21(28)23-12-15-7-9-16(10-8-15)25-20(27)17-6-5-11-29-17/h5-11,13H,12H2,1-4H3,(H,23,28)(H,25,27). The summed E-state index contributed by atoms with van der Waals surface area (Å²) < 4.78 is 5.08. The van der Waals surface area contributed by atoms with E-state index in [2.05, 4.69) is 20.6 Å². The highest BCUT2D eigenvalue weighted by Crippen LogP contribution is 2.23. The lowest BCUT2D eigenvalue weighted by molar-refractivity contribution is 0.0945. The molecular formula is C22H24N4O3S. The van der Waals surface area contributed by atoms with Gasteiger partial charge < -0.3 is 15.1 Å². The number of anilines is 1. The van der Waals surface area contributed by atoms with Crippen LogP contribution in [0.3, 0.4) is 0 Å². The second kappa shape index (κ2) is 9.58. The zero-order valence-electron chi connectivity index (χ0n) is 17.4. The summed E-state index contributed by atoms with van der Waals surface area (Å²) in [6, 6.07) is 10.5. The van der Waals surface area contributed by atoms with Crippen molar-refractivity contribution in [1.29, 1.82) is 0 Å². The molecule has 2 N–H and O–H groups in total. The molecule has 2 aromatic heterocycles. The first kappa shape index (κ1) is 21.6. The Labute approximate surface area is 179 Å². The van der Waals surface area contributed by atoms with Crippen molar-refractivity contribution >= 4 is 29.3 Å². The second-order valence-corrected chi connectivity index (χ2v) is 7.81. The summed E-state index contributed by atoms with van der Waals surface area (Å²) in [5.41, 5.74) is 2.73. The van der Waals surface area contributed by atoms with Crippen LogP contribution >= 0.6 is 11.8 Å². The molecule has 0 aliphatic rings. The van der Waals surface area contributed by atoms with E-state index in [9.17, 15) is 9.59 Å². The number of hydrogen-bond donors (Lipinski definition) is 2. The van der Waals surface area contributed by atoms with Gasteiger partial charge >= 0.3 is 0 Å². The lowest BCUT2D eigenvalue weighted by Gasteiger charge is -2.13. The molecule has 0 aliphatic heterocycles. The molecule has 0 spiro atoms. The molecule has 0 fully saturated rings. The Morgan fingerprint density at radius 1 is 1.10 bits per heavy atom. The molecule has 0 atom stereocenters. The number of nitrogens with one attached hydrogen (secondary N) is 2. The van der Waals surface area contributed by atoms with Crippen molar-refractivity contribution in [3.05, 3.63) is 71.1 Å². The fourth-order valence-corrected chi connectivity index (χ4v) is 3.44. The van der Waals surface area contributed by atoms with Gasteiger partial charge in [-0.05, 0) is 43.0 Å². The molecule has 2 amide bonds. The lowest BCUT2D eigenvalue weighted by Crippen LogP contribution is -2.25. The van der Waals surface area contributed by atoms with E-state index in [0.717, 1.165) is 11.4 Å². The zero-order valence-corrected chi connectivity index (χ0v) is 18.2. The summed E-state index contributed by atoms with van der Waals surface area (Å²) in [6.45, 7) is 6.24. The van der Waals surface area contributed by atoms with Gasteiger partial charge in [0.05, 0.1) is 17.5 Å². The van der Waals surface area contributed by atoms with Crippen molar-refractivity contribution in [2.75, 3.05) is 11.6 Å². The highest BCUT2D eigenvalue weighted by molar-refractivity contribution is 7.98. The third kappa shape index (κ3) is 5.07. The average Bonchev–Trinajstić information content (AvgIpc) is 3.27. The van der Waals surface area contributed by atoms with Crippen molar-refractivity contribution in [2.45, 2.75) is 38.3 Å². The summed E-state index contributed by atoms with van der Waals surface area (Å²) in [7, 11) is 0. The minimum absolute atomic E-state index is 0.193. The van der Waals surface area contributed by atoms with Gasteiger partial charge in [-0.25, -0.2) is 9.97 Å². The maximum Gasteiger partial charge on any atom is 0.291 e. The van der Waals surface area contributed by atoms with Gasteiger partial charge in [0.1, 0.15) is 10.9 Å². The number of carbonyl (C=O) groups is 2. The largest absolute Gasteiger partial charge is 0.459 e. The van der Waals surface area contributed by atoms with Gasteiger partial charge in [-0.3, -0.25) is 9.59 Å². The average molecular weight is 425 g/mol. The molecule has 0 radical (unpaired) electrons. The summed E-state index contributed by atoms with van der Waals surface area (Å²) in [4.78, 5) is 33.8. The topological polar surface area (TPSA) is 97.1 Å². The van der Waals surface area contributed by atoms with Crippen molar-refractivity contribution < 1.29 is 14.0 Å². The van der Waals surface area contributed by atoms with E-state index in [0.29, 0.717) is 28.5 Å². The van der Waals surface area contributed by atoms with Crippen molar-refractivity contribution in [3.63, 3.8) is 0 Å². The minimum atomic E-state index is -0.314. The molecular weight excluding hydrogens is 400 g/mol. The molecule has 3 rings (SSSR count). The van der Waals surface area contributed by atoms with E-state index in [1.165, 1.54) is 18.0 Å². The zero-order chi connectivity index (χ0) is 21.7. The summed E-state index contributed by atoms with van der Waals surface area (Å²) >= 11 is 1.44. The van der Waals surface area contributed by atoms with Gasteiger partial charge in [0.2, 0.25) is 0 Å². The molecule has 0 bridgehead atoms. The van der Waals surface area contributed by atoms with Crippen LogP contribution in [-0.4, -0.2) is 28.0 Å². The van der Waals surface area contributed by atoms with Gasteiger partial charge in [-0.2, -0.15) is 0 Å². The van der Waals surface area contributed by atoms with Crippen LogP contribution in [0.15, 0.2) is 52.1 Å². The smallest absolute Gasteiger partial charge is 0.291 e.